The van der Waals surface area contributed by atoms with Crippen molar-refractivity contribution in [2.75, 3.05) is 6.54 Å². The van der Waals surface area contributed by atoms with E-state index in [0.29, 0.717) is 11.3 Å². The Bertz CT molecular complexity index is 374. The second kappa shape index (κ2) is 2.90. The van der Waals surface area contributed by atoms with Gasteiger partial charge in [0.05, 0.1) is 17.8 Å². The molecule has 4 nitrogen and oxygen atoms in total. The van der Waals surface area contributed by atoms with Crippen LogP contribution in [0.15, 0.2) is 24.3 Å². The fraction of sp³-hybridized carbons (Fsp3) is 0.111. The topological polar surface area (TPSA) is 60.3 Å². The van der Waals surface area contributed by atoms with Crippen molar-refractivity contribution in [3.05, 3.63) is 29.8 Å². The van der Waals surface area contributed by atoms with Crippen LogP contribution < -0.4 is 10.6 Å². The number of carbonyl (C=O) groups excluding carboxylic acids is 2. The Morgan fingerprint density at radius 3 is 2.85 bits per heavy atom. The van der Waals surface area contributed by atoms with Crippen molar-refractivity contribution in [2.24, 2.45) is 0 Å². The molecule has 0 spiro atoms. The number of rotatable bonds is 0. The molecule has 0 atom stereocenters. The molecule has 65 valence electrons. The van der Waals surface area contributed by atoms with Crippen molar-refractivity contribution >= 4 is 17.5 Å². The summed E-state index contributed by atoms with van der Waals surface area (Å²) in [6.07, 6.45) is 0. The van der Waals surface area contributed by atoms with E-state index in [9.17, 15) is 9.59 Å². The zero-order chi connectivity index (χ0) is 9.26. The lowest BCUT2D eigenvalue weighted by Crippen LogP contribution is -2.28. The van der Waals surface area contributed by atoms with Crippen LogP contribution in [0.25, 0.3) is 0 Å². The van der Waals surface area contributed by atoms with Crippen LogP contribution in [0.5, 0.6) is 0 Å². The van der Waals surface area contributed by atoms with Crippen LogP contribution in [0.3, 0.4) is 0 Å². The van der Waals surface area contributed by atoms with Crippen molar-refractivity contribution in [1.82, 2.24) is 10.6 Å². The Labute approximate surface area is 74.9 Å². The third-order valence-electron chi connectivity index (χ3n) is 1.79. The summed E-state index contributed by atoms with van der Waals surface area (Å²) >= 11 is 0. The first-order valence-electron chi connectivity index (χ1n) is 3.89. The van der Waals surface area contributed by atoms with Gasteiger partial charge >= 0.3 is 0 Å². The minimum atomic E-state index is -0.321. The summed E-state index contributed by atoms with van der Waals surface area (Å²) in [5.74, 6) is -0.566. The molecule has 0 saturated heterocycles. The smallest absolute Gasteiger partial charge is 0.265 e. The Balaban J connectivity index is 2.49. The van der Waals surface area contributed by atoms with E-state index >= 15 is 0 Å². The molecule has 1 aromatic rings. The second-order valence-corrected chi connectivity index (χ2v) is 2.71. The maximum atomic E-state index is 11.3. The summed E-state index contributed by atoms with van der Waals surface area (Å²) in [7, 11) is 0. The highest BCUT2D eigenvalue weighted by atomic mass is 16.2. The molecule has 0 aliphatic carbocycles. The van der Waals surface area contributed by atoms with Gasteiger partial charge in [0.1, 0.15) is 0 Å². The molecule has 2 amide bonds. The second-order valence-electron chi connectivity index (χ2n) is 2.71. The van der Waals surface area contributed by atoms with E-state index in [0.717, 1.165) is 0 Å². The van der Waals surface area contributed by atoms with Crippen molar-refractivity contribution in [3.63, 3.8) is 0 Å². The summed E-state index contributed by atoms with van der Waals surface area (Å²) in [5, 5.41) is 6.24. The molecule has 4 heteroatoms. The molecule has 1 radical (unpaired) electrons. The first-order valence-corrected chi connectivity index (χ1v) is 3.89. The van der Waals surface area contributed by atoms with Gasteiger partial charge in [-0.05, 0) is 12.1 Å². The van der Waals surface area contributed by atoms with E-state index in [1.54, 1.807) is 24.3 Å². The largest absolute Gasteiger partial charge is 0.343 e. The van der Waals surface area contributed by atoms with Gasteiger partial charge in [0.25, 0.3) is 11.8 Å². The van der Waals surface area contributed by atoms with Crippen molar-refractivity contribution in [3.8, 4) is 0 Å². The maximum Gasteiger partial charge on any atom is 0.265 e. The lowest BCUT2D eigenvalue weighted by molar-refractivity contribution is -0.119. The van der Waals surface area contributed by atoms with E-state index in [4.69, 9.17) is 0 Å². The Morgan fingerprint density at radius 1 is 1.23 bits per heavy atom. The van der Waals surface area contributed by atoms with Gasteiger partial charge in [-0.2, -0.15) is 0 Å². The lowest BCUT2D eigenvalue weighted by Gasteiger charge is -2.00. The number of amides is 2. The average molecular weight is 175 g/mol. The molecule has 1 aliphatic heterocycles. The average Bonchev–Trinajstić information content (AvgIpc) is 2.27. The number of nitrogens with one attached hydrogen (secondary N) is 1. The number of hydrogen-bond donors (Lipinski definition) is 1. The highest BCUT2D eigenvalue weighted by Crippen LogP contribution is 2.16. The predicted octanol–water partition coefficient (Wildman–Crippen LogP) is 0.193. The van der Waals surface area contributed by atoms with E-state index in [1.165, 1.54) is 0 Å². The molecule has 1 heterocycles. The van der Waals surface area contributed by atoms with Gasteiger partial charge in [-0.15, -0.1) is 0 Å². The number of nitrogens with zero attached hydrogens (tertiary/aromatic N) is 1. The number of hydrogen-bond acceptors (Lipinski definition) is 2. The Hall–Kier alpha value is -1.84. The highest BCUT2D eigenvalue weighted by molar-refractivity contribution is 6.04. The van der Waals surface area contributed by atoms with Crippen LogP contribution in [-0.4, -0.2) is 18.4 Å². The summed E-state index contributed by atoms with van der Waals surface area (Å²) in [5.41, 5.74) is 0.899. The molecule has 0 fully saturated rings. The molecule has 0 saturated carbocycles. The monoisotopic (exact) mass is 175 g/mol. The Kier molecular flexibility index (Phi) is 1.73. The van der Waals surface area contributed by atoms with Crippen LogP contribution >= 0.6 is 0 Å². The van der Waals surface area contributed by atoms with E-state index < -0.39 is 0 Å². The number of fused-ring (bicyclic) bond motifs is 1. The van der Waals surface area contributed by atoms with Crippen LogP contribution in [-0.2, 0) is 4.79 Å². The SMILES string of the molecule is O=C1CNC(=O)c2ccccc2[N]1. The molecule has 0 unspecified atom stereocenters. The van der Waals surface area contributed by atoms with E-state index in [2.05, 4.69) is 10.6 Å². The Morgan fingerprint density at radius 2 is 2.00 bits per heavy atom. The quantitative estimate of drug-likeness (QED) is 0.612. The van der Waals surface area contributed by atoms with E-state index in [1.807, 2.05) is 0 Å². The number of benzene rings is 1. The van der Waals surface area contributed by atoms with Gasteiger partial charge in [-0.1, -0.05) is 12.1 Å². The van der Waals surface area contributed by atoms with Crippen LogP contribution in [0.4, 0.5) is 5.69 Å². The molecule has 1 aromatic carbocycles. The summed E-state index contributed by atoms with van der Waals surface area (Å²) in [6.45, 7) is -0.0203. The zero-order valence-electron chi connectivity index (χ0n) is 6.78. The van der Waals surface area contributed by atoms with Crippen LogP contribution in [0.1, 0.15) is 10.4 Å². The molecule has 1 aliphatic rings. The van der Waals surface area contributed by atoms with Crippen molar-refractivity contribution in [2.45, 2.75) is 0 Å². The van der Waals surface area contributed by atoms with Crippen LogP contribution in [0.2, 0.25) is 0 Å². The summed E-state index contributed by atoms with van der Waals surface area (Å²) in [6, 6.07) is 6.78. The molecule has 2 rings (SSSR count). The fourth-order valence-corrected chi connectivity index (χ4v) is 1.19. The zero-order valence-corrected chi connectivity index (χ0v) is 6.78. The van der Waals surface area contributed by atoms with Crippen LogP contribution in [0, 0.1) is 0 Å². The number of carbonyl (C=O) groups is 2. The number of para-hydroxylation sites is 1. The maximum absolute atomic E-state index is 11.3. The van der Waals surface area contributed by atoms with Crippen molar-refractivity contribution < 1.29 is 9.59 Å². The first kappa shape index (κ1) is 7.79. The van der Waals surface area contributed by atoms with Gasteiger partial charge < -0.3 is 5.32 Å². The molecule has 0 aromatic heterocycles. The summed E-state index contributed by atoms with van der Waals surface area (Å²) in [4.78, 5) is 22.3. The van der Waals surface area contributed by atoms with Gasteiger partial charge in [0.2, 0.25) is 0 Å². The van der Waals surface area contributed by atoms with Gasteiger partial charge in [-0.25, -0.2) is 5.32 Å². The van der Waals surface area contributed by atoms with Gasteiger partial charge in [0, 0.05) is 0 Å². The molecule has 13 heavy (non-hydrogen) atoms. The fourth-order valence-electron chi connectivity index (χ4n) is 1.19. The van der Waals surface area contributed by atoms with Crippen molar-refractivity contribution in [1.29, 1.82) is 0 Å². The minimum absolute atomic E-state index is 0.0203. The lowest BCUT2D eigenvalue weighted by atomic mass is 10.2. The normalized spacial score (nSPS) is 15.4. The molecular formula is C9H7N2O2. The minimum Gasteiger partial charge on any atom is -0.343 e. The molecule has 0 bridgehead atoms. The molecular weight excluding hydrogens is 168 g/mol. The third-order valence-corrected chi connectivity index (χ3v) is 1.79. The third kappa shape index (κ3) is 1.38. The predicted molar refractivity (Wildman–Crippen MR) is 45.6 cm³/mol. The molecule has 1 N–H and O–H groups in total. The standard InChI is InChI=1S/C9H7N2O2/c12-8-5-10-9(13)6-3-1-2-4-7(6)11-8/h1-4H,5H2,(H,10,13). The van der Waals surface area contributed by atoms with Gasteiger partial charge in [-0.3, -0.25) is 9.59 Å². The van der Waals surface area contributed by atoms with Gasteiger partial charge in [0.15, 0.2) is 0 Å². The van der Waals surface area contributed by atoms with E-state index in [-0.39, 0.29) is 18.4 Å². The highest BCUT2D eigenvalue weighted by Gasteiger charge is 2.18. The first-order chi connectivity index (χ1) is 6.27. The summed E-state index contributed by atoms with van der Waals surface area (Å²) < 4.78 is 0.